The molecule has 0 radical (unpaired) electrons. The third-order valence-corrected chi connectivity index (χ3v) is 5.10. The maximum atomic E-state index is 13.3. The van der Waals surface area contributed by atoms with Gasteiger partial charge in [0.05, 0.1) is 24.4 Å². The van der Waals surface area contributed by atoms with Crippen LogP contribution in [0.25, 0.3) is 0 Å². The summed E-state index contributed by atoms with van der Waals surface area (Å²) in [6.07, 6.45) is 2.83. The molecule has 0 bridgehead atoms. The fourth-order valence-corrected chi connectivity index (χ4v) is 3.63. The lowest BCUT2D eigenvalue weighted by Crippen LogP contribution is -2.33. The minimum Gasteiger partial charge on any atom is -0.469 e. The van der Waals surface area contributed by atoms with Gasteiger partial charge in [0, 0.05) is 19.3 Å². The Hall–Kier alpha value is -3.41. The predicted octanol–water partition coefficient (Wildman–Crippen LogP) is 4.44. The van der Waals surface area contributed by atoms with Crippen molar-refractivity contribution in [2.75, 3.05) is 6.54 Å². The zero-order valence-corrected chi connectivity index (χ0v) is 16.5. The van der Waals surface area contributed by atoms with E-state index < -0.39 is 0 Å². The predicted molar refractivity (Wildman–Crippen MR) is 112 cm³/mol. The number of furan rings is 1. The van der Waals surface area contributed by atoms with Gasteiger partial charge in [-0.2, -0.15) is 0 Å². The first-order chi connectivity index (χ1) is 14.7. The maximum Gasteiger partial charge on any atom is 0.221 e. The van der Waals surface area contributed by atoms with Crippen LogP contribution in [0.15, 0.2) is 82.6 Å². The fourth-order valence-electron chi connectivity index (χ4n) is 3.63. The highest BCUT2D eigenvalue weighted by atomic mass is 19.1. The number of amides is 1. The molecule has 2 aromatic carbocycles. The zero-order chi connectivity index (χ0) is 20.8. The molecule has 0 aliphatic carbocycles. The maximum absolute atomic E-state index is 13.3. The molecule has 1 aliphatic rings. The van der Waals surface area contributed by atoms with E-state index in [4.69, 9.17) is 9.25 Å². The van der Waals surface area contributed by atoms with Gasteiger partial charge in [0.15, 0.2) is 0 Å². The van der Waals surface area contributed by atoms with E-state index in [1.807, 2.05) is 48.5 Å². The summed E-state index contributed by atoms with van der Waals surface area (Å²) in [5.41, 5.74) is 2.73. The van der Waals surface area contributed by atoms with Crippen LogP contribution < -0.4 is 5.32 Å². The van der Waals surface area contributed by atoms with Crippen molar-refractivity contribution in [2.24, 2.45) is 5.16 Å². The Labute approximate surface area is 174 Å². The number of oxime groups is 1. The van der Waals surface area contributed by atoms with Gasteiger partial charge < -0.3 is 14.6 Å². The van der Waals surface area contributed by atoms with Gasteiger partial charge in [-0.1, -0.05) is 47.6 Å². The van der Waals surface area contributed by atoms with Crippen LogP contribution >= 0.6 is 0 Å². The number of nitrogens with one attached hydrogen (secondary N) is 1. The van der Waals surface area contributed by atoms with Crippen molar-refractivity contribution in [1.82, 2.24) is 5.32 Å². The second kappa shape index (κ2) is 9.39. The summed E-state index contributed by atoms with van der Waals surface area (Å²) >= 11 is 0. The van der Waals surface area contributed by atoms with Crippen molar-refractivity contribution >= 4 is 11.6 Å². The molecular weight excluding hydrogens is 383 g/mol. The van der Waals surface area contributed by atoms with Gasteiger partial charge in [-0.15, -0.1) is 0 Å². The molecule has 2 atom stereocenters. The number of rotatable bonds is 8. The van der Waals surface area contributed by atoms with Crippen molar-refractivity contribution in [2.45, 2.75) is 31.3 Å². The normalized spacial score (nSPS) is 16.6. The van der Waals surface area contributed by atoms with Gasteiger partial charge in [0.1, 0.15) is 17.7 Å². The molecule has 0 spiro atoms. The first kappa shape index (κ1) is 19.9. The number of hydrogen-bond acceptors (Lipinski definition) is 4. The monoisotopic (exact) mass is 406 g/mol. The summed E-state index contributed by atoms with van der Waals surface area (Å²) in [6.45, 7) is 0.370. The summed E-state index contributed by atoms with van der Waals surface area (Å²) in [5, 5.41) is 7.04. The van der Waals surface area contributed by atoms with Crippen molar-refractivity contribution in [3.63, 3.8) is 0 Å². The molecule has 154 valence electrons. The Morgan fingerprint density at radius 1 is 1.13 bits per heavy atom. The molecule has 2 unspecified atom stereocenters. The standard InChI is InChI=1S/C24H23FN2O3/c25-19-9-4-6-17(12-19)13-20-14-21(30-27-20)16-26-24(28)15-22(23-10-5-11-29-23)18-7-2-1-3-8-18/h1-12,21-22H,13-16H2,(H,26,28). The number of hydrogen-bond donors (Lipinski definition) is 1. The first-order valence-electron chi connectivity index (χ1n) is 9.98. The second-order valence-corrected chi connectivity index (χ2v) is 7.38. The van der Waals surface area contributed by atoms with Crippen LogP contribution in [0, 0.1) is 5.82 Å². The van der Waals surface area contributed by atoms with Crippen molar-refractivity contribution in [3.8, 4) is 0 Å². The highest BCUT2D eigenvalue weighted by Crippen LogP contribution is 2.28. The van der Waals surface area contributed by atoms with Gasteiger partial charge in [0.25, 0.3) is 0 Å². The smallest absolute Gasteiger partial charge is 0.221 e. The average molecular weight is 406 g/mol. The van der Waals surface area contributed by atoms with E-state index in [1.165, 1.54) is 12.1 Å². The summed E-state index contributed by atoms with van der Waals surface area (Å²) in [5.74, 6) is 0.266. The Bertz CT molecular complexity index is 1000. The molecule has 1 N–H and O–H groups in total. The molecular formula is C24H23FN2O3. The molecule has 5 nitrogen and oxygen atoms in total. The lowest BCUT2D eigenvalue weighted by atomic mass is 9.93. The average Bonchev–Trinajstić information content (AvgIpc) is 3.43. The molecule has 0 saturated carbocycles. The molecule has 1 aromatic heterocycles. The molecule has 4 rings (SSSR count). The fraction of sp³-hybridized carbons (Fsp3) is 0.250. The highest BCUT2D eigenvalue weighted by molar-refractivity contribution is 5.87. The Morgan fingerprint density at radius 2 is 2.00 bits per heavy atom. The minimum atomic E-state index is -0.264. The van der Waals surface area contributed by atoms with E-state index in [0.29, 0.717) is 19.4 Å². The molecule has 6 heteroatoms. The number of carbonyl (C=O) groups excluding carboxylic acids is 1. The third kappa shape index (κ3) is 5.14. The van der Waals surface area contributed by atoms with Crippen LogP contribution in [0.4, 0.5) is 4.39 Å². The molecule has 0 saturated heterocycles. The van der Waals surface area contributed by atoms with Crippen LogP contribution in [0.3, 0.4) is 0 Å². The molecule has 0 fully saturated rings. The first-order valence-corrected chi connectivity index (χ1v) is 9.98. The largest absolute Gasteiger partial charge is 0.469 e. The Balaban J connectivity index is 1.28. The van der Waals surface area contributed by atoms with E-state index in [2.05, 4.69) is 10.5 Å². The van der Waals surface area contributed by atoms with Crippen LogP contribution in [-0.2, 0) is 16.1 Å². The van der Waals surface area contributed by atoms with Gasteiger partial charge in [-0.05, 0) is 35.4 Å². The van der Waals surface area contributed by atoms with E-state index in [-0.39, 0.29) is 30.2 Å². The number of carbonyl (C=O) groups is 1. The second-order valence-electron chi connectivity index (χ2n) is 7.38. The van der Waals surface area contributed by atoms with Gasteiger partial charge >= 0.3 is 0 Å². The SMILES string of the molecule is O=C(CC(c1ccccc1)c1ccco1)NCC1CC(Cc2cccc(F)c2)=NO1. The number of benzene rings is 2. The lowest BCUT2D eigenvalue weighted by molar-refractivity contribution is -0.122. The lowest BCUT2D eigenvalue weighted by Gasteiger charge is -2.16. The number of nitrogens with zero attached hydrogens (tertiary/aromatic N) is 1. The molecule has 2 heterocycles. The summed E-state index contributed by atoms with van der Waals surface area (Å²) in [7, 11) is 0. The molecule has 1 amide bonds. The third-order valence-electron chi connectivity index (χ3n) is 5.10. The Morgan fingerprint density at radius 3 is 2.77 bits per heavy atom. The summed E-state index contributed by atoms with van der Waals surface area (Å²) in [6, 6.07) is 20.0. The van der Waals surface area contributed by atoms with Crippen molar-refractivity contribution < 1.29 is 18.4 Å². The van der Waals surface area contributed by atoms with Crippen LogP contribution in [-0.4, -0.2) is 24.3 Å². The van der Waals surface area contributed by atoms with E-state index in [9.17, 15) is 9.18 Å². The topological polar surface area (TPSA) is 63.8 Å². The Kier molecular flexibility index (Phi) is 6.23. The molecule has 30 heavy (non-hydrogen) atoms. The van der Waals surface area contributed by atoms with Gasteiger partial charge in [-0.3, -0.25) is 4.79 Å². The van der Waals surface area contributed by atoms with E-state index in [1.54, 1.807) is 12.3 Å². The highest BCUT2D eigenvalue weighted by Gasteiger charge is 2.24. The molecule has 3 aromatic rings. The summed E-state index contributed by atoms with van der Waals surface area (Å²) < 4.78 is 18.9. The summed E-state index contributed by atoms with van der Waals surface area (Å²) in [4.78, 5) is 18.0. The number of halogens is 1. The van der Waals surface area contributed by atoms with Gasteiger partial charge in [0.2, 0.25) is 5.91 Å². The van der Waals surface area contributed by atoms with E-state index >= 15 is 0 Å². The van der Waals surface area contributed by atoms with Crippen LogP contribution in [0.5, 0.6) is 0 Å². The molecule has 1 aliphatic heterocycles. The van der Waals surface area contributed by atoms with Crippen LogP contribution in [0.1, 0.15) is 35.6 Å². The van der Waals surface area contributed by atoms with Crippen molar-refractivity contribution in [1.29, 1.82) is 0 Å². The zero-order valence-electron chi connectivity index (χ0n) is 16.5. The van der Waals surface area contributed by atoms with Crippen LogP contribution in [0.2, 0.25) is 0 Å². The quantitative estimate of drug-likeness (QED) is 0.601. The minimum absolute atomic E-state index is 0.0811. The van der Waals surface area contributed by atoms with E-state index in [0.717, 1.165) is 22.6 Å². The van der Waals surface area contributed by atoms with Gasteiger partial charge in [-0.25, -0.2) is 4.39 Å². The van der Waals surface area contributed by atoms with Crippen molar-refractivity contribution in [3.05, 3.63) is 95.7 Å².